The van der Waals surface area contributed by atoms with Gasteiger partial charge >= 0.3 is 0 Å². The molecule has 0 amide bonds. The summed E-state index contributed by atoms with van der Waals surface area (Å²) in [6, 6.07) is 4.19. The van der Waals surface area contributed by atoms with Gasteiger partial charge in [0.1, 0.15) is 11.5 Å². The third-order valence-corrected chi connectivity index (χ3v) is 3.32. The molecule has 1 aliphatic rings. The molecule has 1 unspecified atom stereocenters. The minimum absolute atomic E-state index is 0.111. The Bertz CT molecular complexity index is 632. The predicted octanol–water partition coefficient (Wildman–Crippen LogP) is 1.65. The maximum Gasteiger partial charge on any atom is 0.258 e. The van der Waals surface area contributed by atoms with Crippen molar-refractivity contribution in [3.05, 3.63) is 46.3 Å². The predicted molar refractivity (Wildman–Crippen MR) is 66.0 cm³/mol. The van der Waals surface area contributed by atoms with E-state index in [9.17, 15) is 9.18 Å². The first-order valence-electron chi connectivity index (χ1n) is 6.16. The van der Waals surface area contributed by atoms with Crippen molar-refractivity contribution in [2.45, 2.75) is 25.3 Å². The molecule has 0 saturated carbocycles. The van der Waals surface area contributed by atoms with Crippen molar-refractivity contribution in [3.63, 3.8) is 0 Å². The fraction of sp³-hybridized carbons (Fsp3) is 0.385. The summed E-state index contributed by atoms with van der Waals surface area (Å²) < 4.78 is 14.5. The molecule has 94 valence electrons. The lowest BCUT2D eigenvalue weighted by molar-refractivity contribution is 0.405. The molecule has 3 heterocycles. The zero-order valence-electron chi connectivity index (χ0n) is 9.90. The quantitative estimate of drug-likeness (QED) is 0.833. The zero-order valence-corrected chi connectivity index (χ0v) is 9.90. The molecule has 4 nitrogen and oxygen atoms in total. The number of halogens is 1. The molecule has 5 heteroatoms. The normalized spacial score (nSPS) is 20.2. The van der Waals surface area contributed by atoms with E-state index in [-0.39, 0.29) is 17.4 Å². The van der Waals surface area contributed by atoms with Crippen LogP contribution in [0.3, 0.4) is 0 Å². The molecule has 0 aromatic carbocycles. The minimum Gasteiger partial charge on any atom is -0.309 e. The lowest BCUT2D eigenvalue weighted by atomic mass is 10.0. The Morgan fingerprint density at radius 2 is 2.28 bits per heavy atom. The number of rotatable bonds is 1. The largest absolute Gasteiger partial charge is 0.309 e. The van der Waals surface area contributed by atoms with E-state index in [2.05, 4.69) is 10.3 Å². The van der Waals surface area contributed by atoms with E-state index in [1.807, 2.05) is 0 Å². The van der Waals surface area contributed by atoms with Crippen molar-refractivity contribution in [2.24, 2.45) is 0 Å². The molecule has 2 aromatic rings. The number of nitrogens with zero attached hydrogens (tertiary/aromatic N) is 2. The maximum atomic E-state index is 13.2. The second-order valence-corrected chi connectivity index (χ2v) is 4.59. The molecule has 0 aliphatic carbocycles. The van der Waals surface area contributed by atoms with Crippen LogP contribution in [-0.2, 0) is 0 Å². The Balaban J connectivity index is 2.10. The van der Waals surface area contributed by atoms with E-state index < -0.39 is 0 Å². The standard InChI is InChI=1S/C13H14FN3O/c14-9-4-6-17-12(7-9)16-11(8-13(17)18)10-3-1-2-5-15-10/h4,6-8,10,15H,1-3,5H2. The number of hydrogen-bond donors (Lipinski definition) is 1. The van der Waals surface area contributed by atoms with Crippen LogP contribution in [0.4, 0.5) is 4.39 Å². The van der Waals surface area contributed by atoms with Gasteiger partial charge in [-0.05, 0) is 25.5 Å². The van der Waals surface area contributed by atoms with E-state index in [1.54, 1.807) is 0 Å². The average Bonchev–Trinajstić information content (AvgIpc) is 2.39. The van der Waals surface area contributed by atoms with E-state index in [0.29, 0.717) is 11.3 Å². The molecule has 18 heavy (non-hydrogen) atoms. The Labute approximate surface area is 103 Å². The fourth-order valence-electron chi connectivity index (χ4n) is 2.38. The van der Waals surface area contributed by atoms with Gasteiger partial charge in [-0.2, -0.15) is 0 Å². The number of hydrogen-bond acceptors (Lipinski definition) is 3. The summed E-state index contributed by atoms with van der Waals surface area (Å²) in [6.07, 6.45) is 4.66. The van der Waals surface area contributed by atoms with Crippen LogP contribution >= 0.6 is 0 Å². The summed E-state index contributed by atoms with van der Waals surface area (Å²) >= 11 is 0. The van der Waals surface area contributed by atoms with Crippen LogP contribution in [0.15, 0.2) is 29.2 Å². The van der Waals surface area contributed by atoms with Gasteiger partial charge in [-0.1, -0.05) is 6.42 Å². The molecule has 0 radical (unpaired) electrons. The second kappa shape index (κ2) is 4.49. The first kappa shape index (κ1) is 11.3. The van der Waals surface area contributed by atoms with Gasteiger partial charge in [0.15, 0.2) is 0 Å². The number of pyridine rings is 1. The van der Waals surface area contributed by atoms with Gasteiger partial charge in [0, 0.05) is 24.4 Å². The summed E-state index contributed by atoms with van der Waals surface area (Å²) in [5.74, 6) is -0.379. The topological polar surface area (TPSA) is 46.4 Å². The molecule has 0 spiro atoms. The Kier molecular flexibility index (Phi) is 2.83. The lowest BCUT2D eigenvalue weighted by Gasteiger charge is -2.22. The molecule has 0 bridgehead atoms. The fourth-order valence-corrected chi connectivity index (χ4v) is 2.38. The van der Waals surface area contributed by atoms with Crippen molar-refractivity contribution >= 4 is 5.65 Å². The highest BCUT2D eigenvalue weighted by Crippen LogP contribution is 2.20. The van der Waals surface area contributed by atoms with Crippen LogP contribution in [0.1, 0.15) is 31.0 Å². The smallest absolute Gasteiger partial charge is 0.258 e. The third-order valence-electron chi connectivity index (χ3n) is 3.32. The van der Waals surface area contributed by atoms with Gasteiger partial charge in [0.25, 0.3) is 5.56 Å². The molecule has 1 N–H and O–H groups in total. The van der Waals surface area contributed by atoms with Crippen LogP contribution in [-0.4, -0.2) is 15.9 Å². The molecular weight excluding hydrogens is 233 g/mol. The van der Waals surface area contributed by atoms with Gasteiger partial charge in [-0.3, -0.25) is 9.20 Å². The molecule has 1 aliphatic heterocycles. The van der Waals surface area contributed by atoms with Crippen molar-refractivity contribution in [3.8, 4) is 0 Å². The summed E-state index contributed by atoms with van der Waals surface area (Å²) in [6.45, 7) is 0.939. The first-order chi connectivity index (χ1) is 8.74. The van der Waals surface area contributed by atoms with Crippen LogP contribution < -0.4 is 10.9 Å². The van der Waals surface area contributed by atoms with E-state index in [4.69, 9.17) is 0 Å². The average molecular weight is 247 g/mol. The minimum atomic E-state index is -0.379. The van der Waals surface area contributed by atoms with Crippen LogP contribution in [0.25, 0.3) is 5.65 Å². The maximum absolute atomic E-state index is 13.2. The lowest BCUT2D eigenvalue weighted by Crippen LogP contribution is -2.29. The van der Waals surface area contributed by atoms with Crippen LogP contribution in [0.2, 0.25) is 0 Å². The molecule has 2 aromatic heterocycles. The van der Waals surface area contributed by atoms with E-state index in [1.165, 1.54) is 28.8 Å². The van der Waals surface area contributed by atoms with Gasteiger partial charge in [0.05, 0.1) is 5.69 Å². The molecular formula is C13H14FN3O. The number of aromatic nitrogens is 2. The Hall–Kier alpha value is -1.75. The van der Waals surface area contributed by atoms with Crippen molar-refractivity contribution in [2.75, 3.05) is 6.54 Å². The van der Waals surface area contributed by atoms with Crippen LogP contribution in [0, 0.1) is 5.82 Å². The highest BCUT2D eigenvalue weighted by molar-refractivity contribution is 5.39. The van der Waals surface area contributed by atoms with Crippen LogP contribution in [0.5, 0.6) is 0 Å². The molecule has 1 saturated heterocycles. The molecule has 1 fully saturated rings. The SMILES string of the molecule is O=c1cc(C2CCCCN2)nc2cc(F)ccn12. The Morgan fingerprint density at radius 3 is 3.06 bits per heavy atom. The molecule has 3 rings (SSSR count). The Morgan fingerprint density at radius 1 is 1.39 bits per heavy atom. The van der Waals surface area contributed by atoms with Gasteiger partial charge in [-0.15, -0.1) is 0 Å². The van der Waals surface area contributed by atoms with Gasteiger partial charge < -0.3 is 5.32 Å². The highest BCUT2D eigenvalue weighted by Gasteiger charge is 2.17. The first-order valence-corrected chi connectivity index (χ1v) is 6.16. The highest BCUT2D eigenvalue weighted by atomic mass is 19.1. The number of nitrogens with one attached hydrogen (secondary N) is 1. The summed E-state index contributed by atoms with van der Waals surface area (Å²) in [5, 5.41) is 3.34. The number of piperidine rings is 1. The summed E-state index contributed by atoms with van der Waals surface area (Å²) in [4.78, 5) is 16.3. The van der Waals surface area contributed by atoms with Crippen molar-refractivity contribution in [1.29, 1.82) is 0 Å². The van der Waals surface area contributed by atoms with Gasteiger partial charge in [0.2, 0.25) is 0 Å². The van der Waals surface area contributed by atoms with Gasteiger partial charge in [-0.25, -0.2) is 9.37 Å². The summed E-state index contributed by atoms with van der Waals surface area (Å²) in [7, 11) is 0. The van der Waals surface area contributed by atoms with E-state index >= 15 is 0 Å². The summed E-state index contributed by atoms with van der Waals surface area (Å²) in [5.41, 5.74) is 0.914. The number of fused-ring (bicyclic) bond motifs is 1. The van der Waals surface area contributed by atoms with Crippen molar-refractivity contribution in [1.82, 2.24) is 14.7 Å². The van der Waals surface area contributed by atoms with Crippen molar-refractivity contribution < 1.29 is 4.39 Å². The zero-order chi connectivity index (χ0) is 12.5. The monoisotopic (exact) mass is 247 g/mol. The second-order valence-electron chi connectivity index (χ2n) is 4.59. The van der Waals surface area contributed by atoms with E-state index in [0.717, 1.165) is 25.8 Å². The molecule has 1 atom stereocenters. The third kappa shape index (κ3) is 2.01.